The monoisotopic (exact) mass is 266 g/mol. The van der Waals surface area contributed by atoms with Crippen LogP contribution in [-0.2, 0) is 0 Å². The van der Waals surface area contributed by atoms with Gasteiger partial charge in [0.2, 0.25) is 0 Å². The Balaban J connectivity index is 1.82. The standard InChI is InChI=1S/C15H26N2S/c1-3-9-18-10-8-17-14-6-5-7-15(17)12-13(11-14)16-4-2/h1,13-16H,4-12H2,2H3. The van der Waals surface area contributed by atoms with E-state index in [9.17, 15) is 0 Å². The molecular weight excluding hydrogens is 240 g/mol. The van der Waals surface area contributed by atoms with Crippen molar-refractivity contribution >= 4 is 11.8 Å². The van der Waals surface area contributed by atoms with Gasteiger partial charge in [-0.05, 0) is 32.2 Å². The highest BCUT2D eigenvalue weighted by Crippen LogP contribution is 2.34. The van der Waals surface area contributed by atoms with Crippen molar-refractivity contribution in [3.8, 4) is 12.3 Å². The Bertz CT molecular complexity index is 273. The Kier molecular flexibility index (Phi) is 5.88. The fourth-order valence-electron chi connectivity index (χ4n) is 3.60. The van der Waals surface area contributed by atoms with E-state index in [0.717, 1.165) is 30.4 Å². The SMILES string of the molecule is C#CCSCCN1C2CCCC1CC(NCC)C2. The fourth-order valence-corrected chi connectivity index (χ4v) is 4.20. The van der Waals surface area contributed by atoms with E-state index >= 15 is 0 Å². The van der Waals surface area contributed by atoms with Gasteiger partial charge in [-0.3, -0.25) is 4.90 Å². The molecular formula is C15H26N2S. The van der Waals surface area contributed by atoms with Crippen LogP contribution in [0.15, 0.2) is 0 Å². The number of thioether (sulfide) groups is 1. The first-order valence-corrected chi connectivity index (χ1v) is 8.51. The summed E-state index contributed by atoms with van der Waals surface area (Å²) < 4.78 is 0. The van der Waals surface area contributed by atoms with E-state index in [0.29, 0.717) is 0 Å². The number of rotatable bonds is 6. The summed E-state index contributed by atoms with van der Waals surface area (Å²) in [7, 11) is 0. The van der Waals surface area contributed by atoms with E-state index in [2.05, 4.69) is 23.1 Å². The molecule has 0 radical (unpaired) electrons. The maximum Gasteiger partial charge on any atom is 0.0545 e. The molecule has 2 unspecified atom stereocenters. The van der Waals surface area contributed by atoms with E-state index in [-0.39, 0.29) is 0 Å². The van der Waals surface area contributed by atoms with Gasteiger partial charge in [0.25, 0.3) is 0 Å². The largest absolute Gasteiger partial charge is 0.314 e. The summed E-state index contributed by atoms with van der Waals surface area (Å²) >= 11 is 1.90. The zero-order chi connectivity index (χ0) is 12.8. The Labute approximate surface area is 116 Å². The summed E-state index contributed by atoms with van der Waals surface area (Å²) in [5, 5.41) is 3.65. The first kappa shape index (κ1) is 14.2. The van der Waals surface area contributed by atoms with Crippen LogP contribution in [0.4, 0.5) is 0 Å². The third-order valence-electron chi connectivity index (χ3n) is 4.30. The summed E-state index contributed by atoms with van der Waals surface area (Å²) in [5.41, 5.74) is 0. The van der Waals surface area contributed by atoms with Crippen molar-refractivity contribution in [2.75, 3.05) is 24.6 Å². The van der Waals surface area contributed by atoms with Crippen molar-refractivity contribution in [3.05, 3.63) is 0 Å². The Hall–Kier alpha value is -0.170. The van der Waals surface area contributed by atoms with Crippen molar-refractivity contribution in [2.45, 2.75) is 57.2 Å². The fraction of sp³-hybridized carbons (Fsp3) is 0.867. The van der Waals surface area contributed by atoms with Crippen molar-refractivity contribution < 1.29 is 0 Å². The van der Waals surface area contributed by atoms with Crippen molar-refractivity contribution in [3.63, 3.8) is 0 Å². The number of terminal acetylenes is 1. The molecule has 0 aromatic heterocycles. The molecule has 102 valence electrons. The van der Waals surface area contributed by atoms with Gasteiger partial charge in [0.1, 0.15) is 0 Å². The van der Waals surface area contributed by atoms with Gasteiger partial charge in [-0.1, -0.05) is 19.3 Å². The molecule has 0 aromatic rings. The predicted octanol–water partition coefficient (Wildman–Crippen LogP) is 2.35. The molecule has 18 heavy (non-hydrogen) atoms. The predicted molar refractivity (Wildman–Crippen MR) is 81.0 cm³/mol. The maximum absolute atomic E-state index is 5.30. The van der Waals surface area contributed by atoms with Crippen LogP contribution in [0, 0.1) is 12.3 Å². The van der Waals surface area contributed by atoms with E-state index < -0.39 is 0 Å². The van der Waals surface area contributed by atoms with E-state index in [4.69, 9.17) is 6.42 Å². The highest BCUT2D eigenvalue weighted by atomic mass is 32.2. The van der Waals surface area contributed by atoms with Crippen molar-refractivity contribution in [1.29, 1.82) is 0 Å². The first-order chi connectivity index (χ1) is 8.85. The average molecular weight is 266 g/mol. The molecule has 3 heteroatoms. The lowest BCUT2D eigenvalue weighted by Gasteiger charge is -2.49. The summed E-state index contributed by atoms with van der Waals surface area (Å²) in [5.74, 6) is 4.78. The number of piperidine rings is 2. The number of nitrogens with one attached hydrogen (secondary N) is 1. The van der Waals surface area contributed by atoms with E-state index in [1.54, 1.807) is 0 Å². The Morgan fingerprint density at radius 1 is 1.33 bits per heavy atom. The lowest BCUT2D eigenvalue weighted by Crippen LogP contribution is -2.56. The van der Waals surface area contributed by atoms with Crippen LogP contribution in [0.5, 0.6) is 0 Å². The Morgan fingerprint density at radius 3 is 2.67 bits per heavy atom. The van der Waals surface area contributed by atoms with Crippen molar-refractivity contribution in [1.82, 2.24) is 10.2 Å². The molecule has 2 atom stereocenters. The van der Waals surface area contributed by atoms with Crippen LogP contribution < -0.4 is 5.32 Å². The second-order valence-electron chi connectivity index (χ2n) is 5.46. The van der Waals surface area contributed by atoms with Gasteiger partial charge < -0.3 is 5.32 Å². The number of fused-ring (bicyclic) bond motifs is 2. The molecule has 1 N–H and O–H groups in total. The molecule has 0 spiro atoms. The third-order valence-corrected chi connectivity index (χ3v) is 5.14. The number of nitrogens with zero attached hydrogens (tertiary/aromatic N) is 1. The van der Waals surface area contributed by atoms with Gasteiger partial charge in [-0.25, -0.2) is 0 Å². The lowest BCUT2D eigenvalue weighted by molar-refractivity contribution is 0.0307. The summed E-state index contributed by atoms with van der Waals surface area (Å²) in [6, 6.07) is 2.42. The first-order valence-electron chi connectivity index (χ1n) is 7.35. The van der Waals surface area contributed by atoms with E-state index in [1.807, 2.05) is 11.8 Å². The minimum Gasteiger partial charge on any atom is -0.314 e. The highest BCUT2D eigenvalue weighted by molar-refractivity contribution is 7.99. The smallest absolute Gasteiger partial charge is 0.0545 e. The molecule has 0 amide bonds. The van der Waals surface area contributed by atoms with Crippen molar-refractivity contribution in [2.24, 2.45) is 0 Å². The van der Waals surface area contributed by atoms with Crippen LogP contribution in [0.2, 0.25) is 0 Å². The number of hydrogen-bond donors (Lipinski definition) is 1. The van der Waals surface area contributed by atoms with Gasteiger partial charge in [0.05, 0.1) is 5.75 Å². The molecule has 0 saturated carbocycles. The molecule has 2 fully saturated rings. The summed E-state index contributed by atoms with van der Waals surface area (Å²) in [6.07, 6.45) is 12.2. The lowest BCUT2D eigenvalue weighted by atomic mass is 9.82. The van der Waals surface area contributed by atoms with Gasteiger partial charge in [-0.2, -0.15) is 0 Å². The van der Waals surface area contributed by atoms with Crippen LogP contribution in [-0.4, -0.2) is 47.6 Å². The van der Waals surface area contributed by atoms with Crippen LogP contribution in [0.25, 0.3) is 0 Å². The minimum absolute atomic E-state index is 0.764. The van der Waals surface area contributed by atoms with Gasteiger partial charge >= 0.3 is 0 Å². The van der Waals surface area contributed by atoms with Gasteiger partial charge in [-0.15, -0.1) is 18.2 Å². The van der Waals surface area contributed by atoms with E-state index in [1.165, 1.54) is 44.4 Å². The highest BCUT2D eigenvalue weighted by Gasteiger charge is 2.37. The average Bonchev–Trinajstić information content (AvgIpc) is 2.35. The normalized spacial score (nSPS) is 32.1. The second-order valence-corrected chi connectivity index (χ2v) is 6.56. The van der Waals surface area contributed by atoms with Crippen LogP contribution in [0.3, 0.4) is 0 Å². The molecule has 2 aliphatic rings. The molecule has 2 rings (SSSR count). The molecule has 0 aromatic carbocycles. The molecule has 0 aliphatic carbocycles. The zero-order valence-corrected chi connectivity index (χ0v) is 12.3. The molecule has 2 nitrogen and oxygen atoms in total. The topological polar surface area (TPSA) is 15.3 Å². The molecule has 2 heterocycles. The molecule has 2 saturated heterocycles. The quantitative estimate of drug-likeness (QED) is 0.587. The zero-order valence-electron chi connectivity index (χ0n) is 11.5. The molecule has 2 aliphatic heterocycles. The Morgan fingerprint density at radius 2 is 2.06 bits per heavy atom. The number of hydrogen-bond acceptors (Lipinski definition) is 3. The maximum atomic E-state index is 5.30. The van der Waals surface area contributed by atoms with Gasteiger partial charge in [0.15, 0.2) is 0 Å². The van der Waals surface area contributed by atoms with Crippen LogP contribution in [0.1, 0.15) is 39.0 Å². The van der Waals surface area contributed by atoms with Crippen LogP contribution >= 0.6 is 11.8 Å². The minimum atomic E-state index is 0.764. The third kappa shape index (κ3) is 3.66. The molecule has 2 bridgehead atoms. The summed E-state index contributed by atoms with van der Waals surface area (Å²) in [4.78, 5) is 2.78. The van der Waals surface area contributed by atoms with Gasteiger partial charge in [0, 0.05) is 30.4 Å². The summed E-state index contributed by atoms with van der Waals surface area (Å²) in [6.45, 7) is 4.57. The second kappa shape index (κ2) is 7.43.